The van der Waals surface area contributed by atoms with Crippen LogP contribution in [0.1, 0.15) is 37.3 Å². The van der Waals surface area contributed by atoms with E-state index in [9.17, 15) is 9.90 Å². The predicted octanol–water partition coefficient (Wildman–Crippen LogP) is 3.13. The lowest BCUT2D eigenvalue weighted by Gasteiger charge is -2.27. The zero-order chi connectivity index (χ0) is 14.4. The fourth-order valence-electron chi connectivity index (χ4n) is 2.88. The van der Waals surface area contributed by atoms with Gasteiger partial charge in [-0.1, -0.05) is 52.7 Å². The van der Waals surface area contributed by atoms with Gasteiger partial charge in [-0.15, -0.1) is 0 Å². The molecular weight excluding hydrogens is 318 g/mol. The van der Waals surface area contributed by atoms with E-state index in [1.165, 1.54) is 0 Å². The molecule has 0 aromatic heterocycles. The molecular formula is C16H22BrNO2. The van der Waals surface area contributed by atoms with Gasteiger partial charge in [0.25, 0.3) is 0 Å². The lowest BCUT2D eigenvalue weighted by Crippen LogP contribution is -2.33. The summed E-state index contributed by atoms with van der Waals surface area (Å²) < 4.78 is 0. The monoisotopic (exact) mass is 339 g/mol. The van der Waals surface area contributed by atoms with Crippen LogP contribution in [-0.4, -0.2) is 34.4 Å². The van der Waals surface area contributed by atoms with Gasteiger partial charge in [0.1, 0.15) is 0 Å². The number of aliphatic hydroxyl groups is 1. The summed E-state index contributed by atoms with van der Waals surface area (Å²) in [6.07, 6.45) is 4.09. The van der Waals surface area contributed by atoms with E-state index in [2.05, 4.69) is 15.9 Å². The summed E-state index contributed by atoms with van der Waals surface area (Å²) in [5.41, 5.74) is 1.02. The van der Waals surface area contributed by atoms with Crippen molar-refractivity contribution in [2.24, 2.45) is 5.92 Å². The average molecular weight is 340 g/mol. The number of carbonyl (C=O) groups excluding carboxylic acids is 1. The van der Waals surface area contributed by atoms with Gasteiger partial charge in [-0.2, -0.15) is 0 Å². The second-order valence-corrected chi connectivity index (χ2v) is 6.10. The Balaban J connectivity index is 2.00. The number of alkyl halides is 1. The summed E-state index contributed by atoms with van der Waals surface area (Å²) in [4.78, 5) is 14.3. The lowest BCUT2D eigenvalue weighted by molar-refractivity contribution is -0.134. The average Bonchev–Trinajstić information content (AvgIpc) is 2.83. The number of unbranched alkanes of at least 4 members (excludes halogenated alkanes) is 1. The summed E-state index contributed by atoms with van der Waals surface area (Å²) in [6, 6.07) is 9.62. The molecule has 0 bridgehead atoms. The predicted molar refractivity (Wildman–Crippen MR) is 83.7 cm³/mol. The zero-order valence-electron chi connectivity index (χ0n) is 11.7. The fraction of sp³-hybridized carbons (Fsp3) is 0.562. The number of rotatable bonds is 7. The number of halogens is 1. The number of benzene rings is 1. The van der Waals surface area contributed by atoms with E-state index in [0.29, 0.717) is 0 Å². The summed E-state index contributed by atoms with van der Waals surface area (Å²) in [5.74, 6) is 0.356. The van der Waals surface area contributed by atoms with Gasteiger partial charge in [-0.3, -0.25) is 4.79 Å². The molecule has 20 heavy (non-hydrogen) atoms. The normalized spacial score (nSPS) is 20.4. The second-order valence-electron chi connectivity index (χ2n) is 5.31. The Hall–Kier alpha value is -0.870. The van der Waals surface area contributed by atoms with Crippen LogP contribution in [-0.2, 0) is 4.79 Å². The molecule has 1 saturated heterocycles. The molecule has 1 unspecified atom stereocenters. The molecule has 0 spiro atoms. The molecule has 110 valence electrons. The van der Waals surface area contributed by atoms with Crippen molar-refractivity contribution in [3.8, 4) is 0 Å². The molecule has 1 aromatic rings. The van der Waals surface area contributed by atoms with E-state index < -0.39 is 0 Å². The largest absolute Gasteiger partial charge is 0.394 e. The molecule has 4 heteroatoms. The van der Waals surface area contributed by atoms with Crippen LogP contribution in [0.2, 0.25) is 0 Å². The third-order valence-corrected chi connectivity index (χ3v) is 4.58. The SMILES string of the molecule is O=C1C(CCCCBr)CCN1[C@@H](CO)c1ccccc1. The van der Waals surface area contributed by atoms with Crippen molar-refractivity contribution < 1.29 is 9.90 Å². The highest BCUT2D eigenvalue weighted by atomic mass is 79.9. The Bertz CT molecular complexity index is 424. The standard InChI is InChI=1S/C16H22BrNO2/c17-10-5-4-8-14-9-11-18(16(14)20)15(12-19)13-6-2-1-3-7-13/h1-3,6-7,14-15,19H,4-5,8-12H2/t14?,15-/m0/s1. The van der Waals surface area contributed by atoms with E-state index in [-0.39, 0.29) is 24.5 Å². The molecule has 2 atom stereocenters. The second kappa shape index (κ2) is 7.79. The molecule has 1 aromatic carbocycles. The number of hydrogen-bond acceptors (Lipinski definition) is 2. The van der Waals surface area contributed by atoms with Crippen molar-refractivity contribution in [2.45, 2.75) is 31.7 Å². The Kier molecular flexibility index (Phi) is 6.05. The van der Waals surface area contributed by atoms with Crippen LogP contribution < -0.4 is 0 Å². The third kappa shape index (κ3) is 3.61. The maximum atomic E-state index is 12.5. The smallest absolute Gasteiger partial charge is 0.226 e. The molecule has 1 aliphatic rings. The number of hydrogen-bond donors (Lipinski definition) is 1. The van der Waals surface area contributed by atoms with Gasteiger partial charge in [0.05, 0.1) is 12.6 Å². The maximum Gasteiger partial charge on any atom is 0.226 e. The summed E-state index contributed by atoms with van der Waals surface area (Å²) in [5, 5.41) is 10.7. The first-order valence-electron chi connectivity index (χ1n) is 7.30. The van der Waals surface area contributed by atoms with E-state index in [1.807, 2.05) is 35.2 Å². The minimum absolute atomic E-state index is 0.0100. The highest BCUT2D eigenvalue weighted by Crippen LogP contribution is 2.31. The Morgan fingerprint density at radius 2 is 2.05 bits per heavy atom. The van der Waals surface area contributed by atoms with Crippen LogP contribution in [0.5, 0.6) is 0 Å². The molecule has 1 amide bonds. The molecule has 3 nitrogen and oxygen atoms in total. The number of amides is 1. The Labute approximate surface area is 129 Å². The van der Waals surface area contributed by atoms with Gasteiger partial charge in [0, 0.05) is 17.8 Å². The van der Waals surface area contributed by atoms with Crippen molar-refractivity contribution in [1.29, 1.82) is 0 Å². The van der Waals surface area contributed by atoms with Gasteiger partial charge in [-0.05, 0) is 24.8 Å². The summed E-state index contributed by atoms with van der Waals surface area (Å²) in [6.45, 7) is 0.752. The molecule has 1 heterocycles. The number of nitrogens with zero attached hydrogens (tertiary/aromatic N) is 1. The first kappa shape index (κ1) is 15.5. The maximum absolute atomic E-state index is 12.5. The van der Waals surface area contributed by atoms with Crippen LogP contribution in [0.3, 0.4) is 0 Å². The van der Waals surface area contributed by atoms with Crippen LogP contribution in [0.4, 0.5) is 0 Å². The number of carbonyl (C=O) groups is 1. The quantitative estimate of drug-likeness (QED) is 0.612. The fourth-order valence-corrected chi connectivity index (χ4v) is 3.28. The van der Waals surface area contributed by atoms with Crippen molar-refractivity contribution in [1.82, 2.24) is 4.90 Å². The molecule has 0 saturated carbocycles. The summed E-state index contributed by atoms with van der Waals surface area (Å²) >= 11 is 3.42. The number of likely N-dealkylation sites (tertiary alicyclic amines) is 1. The lowest BCUT2D eigenvalue weighted by atomic mass is 10.0. The van der Waals surface area contributed by atoms with Crippen molar-refractivity contribution >= 4 is 21.8 Å². The zero-order valence-corrected chi connectivity index (χ0v) is 13.3. The van der Waals surface area contributed by atoms with Crippen molar-refractivity contribution in [3.05, 3.63) is 35.9 Å². The van der Waals surface area contributed by atoms with Gasteiger partial charge >= 0.3 is 0 Å². The number of aliphatic hydroxyl groups excluding tert-OH is 1. The molecule has 0 aliphatic carbocycles. The molecule has 0 radical (unpaired) electrons. The molecule has 2 rings (SSSR count). The van der Waals surface area contributed by atoms with Crippen molar-refractivity contribution in [3.63, 3.8) is 0 Å². The third-order valence-electron chi connectivity index (χ3n) is 4.02. The highest BCUT2D eigenvalue weighted by molar-refractivity contribution is 9.09. The first-order valence-corrected chi connectivity index (χ1v) is 8.42. The van der Waals surface area contributed by atoms with E-state index in [0.717, 1.165) is 43.1 Å². The van der Waals surface area contributed by atoms with Gasteiger partial charge in [0.2, 0.25) is 5.91 Å². The molecule has 1 N–H and O–H groups in total. The van der Waals surface area contributed by atoms with Crippen LogP contribution >= 0.6 is 15.9 Å². The molecule has 1 aliphatic heterocycles. The van der Waals surface area contributed by atoms with E-state index in [1.54, 1.807) is 0 Å². The molecule has 1 fully saturated rings. The van der Waals surface area contributed by atoms with Crippen LogP contribution in [0, 0.1) is 5.92 Å². The first-order chi connectivity index (χ1) is 9.77. The van der Waals surface area contributed by atoms with E-state index >= 15 is 0 Å². The summed E-state index contributed by atoms with van der Waals surface area (Å²) in [7, 11) is 0. The highest BCUT2D eigenvalue weighted by Gasteiger charge is 2.35. The van der Waals surface area contributed by atoms with Gasteiger partial charge < -0.3 is 10.0 Å². The minimum Gasteiger partial charge on any atom is -0.394 e. The van der Waals surface area contributed by atoms with Gasteiger partial charge in [0.15, 0.2) is 0 Å². The van der Waals surface area contributed by atoms with Crippen LogP contribution in [0.15, 0.2) is 30.3 Å². The van der Waals surface area contributed by atoms with E-state index in [4.69, 9.17) is 0 Å². The van der Waals surface area contributed by atoms with Gasteiger partial charge in [-0.25, -0.2) is 0 Å². The topological polar surface area (TPSA) is 40.5 Å². The Morgan fingerprint density at radius 3 is 2.70 bits per heavy atom. The Morgan fingerprint density at radius 1 is 1.30 bits per heavy atom. The van der Waals surface area contributed by atoms with Crippen LogP contribution in [0.25, 0.3) is 0 Å². The van der Waals surface area contributed by atoms with Crippen molar-refractivity contribution in [2.75, 3.05) is 18.5 Å². The minimum atomic E-state index is -0.190.